The lowest BCUT2D eigenvalue weighted by molar-refractivity contribution is -0.134. The predicted molar refractivity (Wildman–Crippen MR) is 109 cm³/mol. The van der Waals surface area contributed by atoms with Crippen LogP contribution in [0, 0.1) is 0 Å². The first kappa shape index (κ1) is 21.5. The van der Waals surface area contributed by atoms with Crippen LogP contribution in [0.1, 0.15) is 43.6 Å². The van der Waals surface area contributed by atoms with E-state index in [2.05, 4.69) is 26.0 Å². The van der Waals surface area contributed by atoms with Crippen molar-refractivity contribution < 1.29 is 33.4 Å². The van der Waals surface area contributed by atoms with Gasteiger partial charge in [0, 0.05) is 10.9 Å². The minimum atomic E-state index is -1.53. The number of cyclic esters (lactones) is 1. The molecule has 3 rings (SSSR count). The molecule has 0 radical (unpaired) electrons. The lowest BCUT2D eigenvalue weighted by atomic mass is 9.89. The van der Waals surface area contributed by atoms with Crippen molar-refractivity contribution in [3.8, 4) is 0 Å². The van der Waals surface area contributed by atoms with Crippen LogP contribution < -0.4 is 5.32 Å². The molecule has 1 unspecified atom stereocenters. The normalized spacial score (nSPS) is 17.4. The van der Waals surface area contributed by atoms with Crippen LogP contribution in [0.2, 0.25) is 0 Å². The predicted octanol–water partition coefficient (Wildman–Crippen LogP) is 3.13. The Morgan fingerprint density at radius 3 is 2.43 bits per heavy atom. The summed E-state index contributed by atoms with van der Waals surface area (Å²) < 4.78 is 15.6. The van der Waals surface area contributed by atoms with E-state index in [1.807, 2.05) is 0 Å². The van der Waals surface area contributed by atoms with Gasteiger partial charge >= 0.3 is 17.9 Å². The number of carbonyl (C=O) groups is 4. The number of ether oxygens (including phenoxy) is 3. The van der Waals surface area contributed by atoms with E-state index in [0.29, 0.717) is 11.1 Å². The number of rotatable bonds is 4. The molecule has 0 saturated heterocycles. The molecule has 30 heavy (non-hydrogen) atoms. The van der Waals surface area contributed by atoms with Crippen molar-refractivity contribution in [2.45, 2.75) is 18.9 Å². The van der Waals surface area contributed by atoms with Gasteiger partial charge in [0.25, 0.3) is 5.91 Å². The molecule has 2 aromatic rings. The van der Waals surface area contributed by atoms with Gasteiger partial charge in [-0.25, -0.2) is 14.4 Å². The Balaban J connectivity index is 1.95. The highest BCUT2D eigenvalue weighted by molar-refractivity contribution is 9.10. The molecule has 0 aromatic heterocycles. The number of methoxy groups -OCH3 is 2. The van der Waals surface area contributed by atoms with Gasteiger partial charge in [0.05, 0.1) is 36.6 Å². The number of nitrogens with one attached hydrogen (secondary N) is 1. The summed E-state index contributed by atoms with van der Waals surface area (Å²) in [6, 6.07) is 9.10. The molecule has 1 aliphatic heterocycles. The zero-order chi connectivity index (χ0) is 22.1. The Morgan fingerprint density at radius 2 is 1.77 bits per heavy atom. The molecule has 0 bridgehead atoms. The van der Waals surface area contributed by atoms with Crippen LogP contribution in [0.4, 0.5) is 5.69 Å². The van der Waals surface area contributed by atoms with E-state index in [4.69, 9.17) is 9.47 Å². The van der Waals surface area contributed by atoms with Crippen molar-refractivity contribution in [3.63, 3.8) is 0 Å². The molecule has 156 valence electrons. The van der Waals surface area contributed by atoms with Crippen molar-refractivity contribution in [1.82, 2.24) is 0 Å². The Kier molecular flexibility index (Phi) is 5.93. The fourth-order valence-corrected chi connectivity index (χ4v) is 3.54. The summed E-state index contributed by atoms with van der Waals surface area (Å²) in [7, 11) is 2.41. The highest BCUT2D eigenvalue weighted by Gasteiger charge is 2.43. The topological polar surface area (TPSA) is 108 Å². The molecule has 1 heterocycles. The summed E-state index contributed by atoms with van der Waals surface area (Å²) in [4.78, 5) is 49.4. The standard InChI is InChI=1S/C21H18BrNO7/c1-21(10-12-8-13(22)5-7-14(12)19(26)30-21)20(27)23-16-9-11(17(24)28-2)4-6-15(16)18(25)29-3/h4-9H,10H2,1-3H3,(H,23,27). The zero-order valence-electron chi connectivity index (χ0n) is 16.4. The Labute approximate surface area is 180 Å². The quantitative estimate of drug-likeness (QED) is 0.534. The van der Waals surface area contributed by atoms with Gasteiger partial charge in [0.1, 0.15) is 0 Å². The third-order valence-corrected chi connectivity index (χ3v) is 5.20. The van der Waals surface area contributed by atoms with Crippen LogP contribution in [-0.4, -0.2) is 43.6 Å². The molecule has 0 fully saturated rings. The second-order valence-electron chi connectivity index (χ2n) is 6.80. The summed E-state index contributed by atoms with van der Waals surface area (Å²) in [6.07, 6.45) is 0.129. The summed E-state index contributed by atoms with van der Waals surface area (Å²) in [5.74, 6) is -2.63. The maximum atomic E-state index is 13.1. The molecule has 1 aliphatic rings. The molecule has 8 nitrogen and oxygen atoms in total. The number of halogens is 1. The lowest BCUT2D eigenvalue weighted by Crippen LogP contribution is -2.49. The molecule has 9 heteroatoms. The summed E-state index contributed by atoms with van der Waals surface area (Å²) >= 11 is 3.35. The average Bonchev–Trinajstić information content (AvgIpc) is 2.72. The average molecular weight is 476 g/mol. The molecule has 0 aliphatic carbocycles. The SMILES string of the molecule is COC(=O)c1ccc(C(=O)OC)c(NC(=O)C2(C)Cc3cc(Br)ccc3C(=O)O2)c1. The molecule has 1 atom stereocenters. The minimum absolute atomic E-state index is 0.0343. The van der Waals surface area contributed by atoms with Crippen LogP contribution in [0.15, 0.2) is 40.9 Å². The fraction of sp³-hybridized carbons (Fsp3) is 0.238. The first-order valence-electron chi connectivity index (χ1n) is 8.82. The lowest BCUT2D eigenvalue weighted by Gasteiger charge is -2.33. The van der Waals surface area contributed by atoms with Crippen molar-refractivity contribution in [2.24, 2.45) is 0 Å². The smallest absolute Gasteiger partial charge is 0.339 e. The molecule has 2 aromatic carbocycles. The Bertz CT molecular complexity index is 1070. The largest absolute Gasteiger partial charge is 0.465 e. The van der Waals surface area contributed by atoms with Gasteiger partial charge in [-0.1, -0.05) is 15.9 Å². The van der Waals surface area contributed by atoms with Crippen molar-refractivity contribution in [2.75, 3.05) is 19.5 Å². The van der Waals surface area contributed by atoms with Crippen LogP contribution >= 0.6 is 15.9 Å². The highest BCUT2D eigenvalue weighted by Crippen LogP contribution is 2.32. The van der Waals surface area contributed by atoms with E-state index in [9.17, 15) is 19.2 Å². The van der Waals surface area contributed by atoms with Crippen molar-refractivity contribution in [1.29, 1.82) is 0 Å². The fourth-order valence-electron chi connectivity index (χ4n) is 3.13. The molecule has 1 amide bonds. The van der Waals surface area contributed by atoms with E-state index in [-0.39, 0.29) is 23.2 Å². The van der Waals surface area contributed by atoms with Gasteiger partial charge in [0.15, 0.2) is 5.60 Å². The molecular formula is C21H18BrNO7. The summed E-state index contributed by atoms with van der Waals surface area (Å²) in [6.45, 7) is 1.48. The maximum absolute atomic E-state index is 13.1. The number of hydrogen-bond donors (Lipinski definition) is 1. The van der Waals surface area contributed by atoms with E-state index >= 15 is 0 Å². The number of anilines is 1. The second kappa shape index (κ2) is 8.27. The zero-order valence-corrected chi connectivity index (χ0v) is 18.0. The van der Waals surface area contributed by atoms with E-state index < -0.39 is 29.4 Å². The van der Waals surface area contributed by atoms with E-state index in [0.717, 1.165) is 4.47 Å². The van der Waals surface area contributed by atoms with Crippen LogP contribution in [0.25, 0.3) is 0 Å². The van der Waals surface area contributed by atoms with E-state index in [1.165, 1.54) is 39.3 Å². The molecule has 0 spiro atoms. The first-order chi connectivity index (χ1) is 14.2. The number of benzene rings is 2. The third kappa shape index (κ3) is 4.06. The Morgan fingerprint density at radius 1 is 1.07 bits per heavy atom. The minimum Gasteiger partial charge on any atom is -0.465 e. The van der Waals surface area contributed by atoms with Gasteiger partial charge in [-0.15, -0.1) is 0 Å². The number of fused-ring (bicyclic) bond motifs is 1. The van der Waals surface area contributed by atoms with Gasteiger partial charge in [-0.2, -0.15) is 0 Å². The number of carbonyl (C=O) groups excluding carboxylic acids is 4. The summed E-state index contributed by atoms with van der Waals surface area (Å²) in [5.41, 5.74) is -0.305. The number of amides is 1. The molecule has 1 N–H and O–H groups in total. The second-order valence-corrected chi connectivity index (χ2v) is 7.71. The maximum Gasteiger partial charge on any atom is 0.339 e. The summed E-state index contributed by atoms with van der Waals surface area (Å²) in [5, 5.41) is 2.58. The van der Waals surface area contributed by atoms with Crippen LogP contribution in [-0.2, 0) is 25.4 Å². The van der Waals surface area contributed by atoms with Gasteiger partial charge < -0.3 is 19.5 Å². The first-order valence-corrected chi connectivity index (χ1v) is 9.61. The van der Waals surface area contributed by atoms with Crippen molar-refractivity contribution in [3.05, 3.63) is 63.1 Å². The highest BCUT2D eigenvalue weighted by atomic mass is 79.9. The molecular weight excluding hydrogens is 458 g/mol. The number of hydrogen-bond acceptors (Lipinski definition) is 7. The third-order valence-electron chi connectivity index (χ3n) is 4.71. The Hall–Kier alpha value is -3.20. The van der Waals surface area contributed by atoms with Gasteiger partial charge in [0.2, 0.25) is 0 Å². The van der Waals surface area contributed by atoms with Crippen LogP contribution in [0.5, 0.6) is 0 Å². The van der Waals surface area contributed by atoms with Gasteiger partial charge in [-0.3, -0.25) is 4.79 Å². The number of esters is 3. The monoisotopic (exact) mass is 475 g/mol. The van der Waals surface area contributed by atoms with Crippen molar-refractivity contribution >= 4 is 45.4 Å². The van der Waals surface area contributed by atoms with E-state index in [1.54, 1.807) is 18.2 Å². The molecule has 0 saturated carbocycles. The van der Waals surface area contributed by atoms with Crippen LogP contribution in [0.3, 0.4) is 0 Å². The van der Waals surface area contributed by atoms with Gasteiger partial charge in [-0.05, 0) is 48.9 Å².